The van der Waals surface area contributed by atoms with Crippen molar-refractivity contribution in [3.05, 3.63) is 28.0 Å². The van der Waals surface area contributed by atoms with E-state index in [1.165, 1.54) is 17.4 Å². The molecule has 1 aromatic heterocycles. The van der Waals surface area contributed by atoms with Gasteiger partial charge in [0.25, 0.3) is 5.91 Å². The molecule has 2 rings (SSSR count). The summed E-state index contributed by atoms with van der Waals surface area (Å²) in [5.74, 6) is -0.951. The minimum absolute atomic E-state index is 0.0353. The number of amides is 1. The topological polar surface area (TPSA) is 60.9 Å². The lowest BCUT2D eigenvalue weighted by molar-refractivity contribution is -0.131. The summed E-state index contributed by atoms with van der Waals surface area (Å²) in [6, 6.07) is 3.53. The predicted octanol–water partition coefficient (Wildman–Crippen LogP) is 1.23. The van der Waals surface area contributed by atoms with Gasteiger partial charge in [0.15, 0.2) is 0 Å². The van der Waals surface area contributed by atoms with Crippen LogP contribution in [-0.2, 0) is 4.79 Å². The Hall–Kier alpha value is -1.66. The Balaban J connectivity index is 2.02. The number of likely N-dealkylation sites (N-methyl/N-ethyl adjacent to an activating group) is 1. The molecule has 1 N–H and O–H groups in total. The monoisotopic (exact) mass is 280 g/mol. The maximum absolute atomic E-state index is 12.2. The first kappa shape index (κ1) is 13.8. The molecule has 1 fully saturated rings. The Morgan fingerprint density at radius 1 is 1.26 bits per heavy atom. The van der Waals surface area contributed by atoms with Crippen LogP contribution in [0.25, 0.3) is 6.08 Å². The van der Waals surface area contributed by atoms with Gasteiger partial charge < -0.3 is 14.9 Å². The highest BCUT2D eigenvalue weighted by atomic mass is 32.1. The minimum Gasteiger partial charge on any atom is -0.478 e. The van der Waals surface area contributed by atoms with Crippen molar-refractivity contribution < 1.29 is 14.7 Å². The summed E-state index contributed by atoms with van der Waals surface area (Å²) in [7, 11) is 2.04. The normalized spacial score (nSPS) is 17.0. The van der Waals surface area contributed by atoms with Gasteiger partial charge in [0.05, 0.1) is 4.88 Å². The van der Waals surface area contributed by atoms with E-state index < -0.39 is 5.97 Å². The van der Waals surface area contributed by atoms with Crippen molar-refractivity contribution in [2.45, 2.75) is 0 Å². The second-order valence-electron chi connectivity index (χ2n) is 4.47. The van der Waals surface area contributed by atoms with E-state index in [0.717, 1.165) is 37.1 Å². The van der Waals surface area contributed by atoms with Gasteiger partial charge in [-0.2, -0.15) is 0 Å². The summed E-state index contributed by atoms with van der Waals surface area (Å²) < 4.78 is 0. The quantitative estimate of drug-likeness (QED) is 0.846. The standard InChI is InChI=1S/C13H16N2O3S/c1-14-6-8-15(9-7-14)13(18)11-4-2-10(19-11)3-5-12(16)17/h2-5H,6-9H2,1H3,(H,16,17)/b5-3+. The third-order valence-corrected chi connectivity index (χ3v) is 4.06. The average molecular weight is 280 g/mol. The van der Waals surface area contributed by atoms with Crippen LogP contribution in [0.4, 0.5) is 0 Å². The zero-order chi connectivity index (χ0) is 13.8. The SMILES string of the molecule is CN1CCN(C(=O)c2ccc(/C=C/C(=O)O)s2)CC1. The highest BCUT2D eigenvalue weighted by molar-refractivity contribution is 7.14. The lowest BCUT2D eigenvalue weighted by Crippen LogP contribution is -2.46. The molecular weight excluding hydrogens is 264 g/mol. The van der Waals surface area contributed by atoms with E-state index in [0.29, 0.717) is 4.88 Å². The molecule has 0 saturated carbocycles. The molecule has 19 heavy (non-hydrogen) atoms. The lowest BCUT2D eigenvalue weighted by Gasteiger charge is -2.32. The second-order valence-corrected chi connectivity index (χ2v) is 5.58. The summed E-state index contributed by atoms with van der Waals surface area (Å²) in [5.41, 5.74) is 0. The van der Waals surface area contributed by atoms with Crippen molar-refractivity contribution >= 4 is 29.3 Å². The largest absolute Gasteiger partial charge is 0.478 e. The van der Waals surface area contributed by atoms with E-state index in [2.05, 4.69) is 4.90 Å². The summed E-state index contributed by atoms with van der Waals surface area (Å²) >= 11 is 1.32. The van der Waals surface area contributed by atoms with Crippen molar-refractivity contribution in [1.29, 1.82) is 0 Å². The maximum Gasteiger partial charge on any atom is 0.328 e. The molecule has 2 heterocycles. The molecule has 1 aromatic rings. The predicted molar refractivity (Wildman–Crippen MR) is 74.4 cm³/mol. The van der Waals surface area contributed by atoms with Crippen molar-refractivity contribution in [3.63, 3.8) is 0 Å². The number of nitrogens with zero attached hydrogens (tertiary/aromatic N) is 2. The Morgan fingerprint density at radius 3 is 2.58 bits per heavy atom. The Morgan fingerprint density at radius 2 is 1.95 bits per heavy atom. The van der Waals surface area contributed by atoms with E-state index >= 15 is 0 Å². The molecule has 6 heteroatoms. The smallest absolute Gasteiger partial charge is 0.328 e. The van der Waals surface area contributed by atoms with Crippen LogP contribution in [0.1, 0.15) is 14.5 Å². The number of carbonyl (C=O) groups excluding carboxylic acids is 1. The van der Waals surface area contributed by atoms with Crippen LogP contribution in [0.15, 0.2) is 18.2 Å². The number of carboxylic acids is 1. The first-order chi connectivity index (χ1) is 9.06. The van der Waals surface area contributed by atoms with Crippen molar-refractivity contribution in [2.24, 2.45) is 0 Å². The van der Waals surface area contributed by atoms with Gasteiger partial charge >= 0.3 is 5.97 Å². The summed E-state index contributed by atoms with van der Waals surface area (Å²) in [6.45, 7) is 3.27. The average Bonchev–Trinajstić information content (AvgIpc) is 2.85. The molecule has 0 spiro atoms. The molecular formula is C13H16N2O3S. The van der Waals surface area contributed by atoms with Gasteiger partial charge in [-0.25, -0.2) is 4.79 Å². The van der Waals surface area contributed by atoms with Gasteiger partial charge in [-0.05, 0) is 25.3 Å². The van der Waals surface area contributed by atoms with Crippen LogP contribution in [-0.4, -0.2) is 60.0 Å². The van der Waals surface area contributed by atoms with Gasteiger partial charge in [0, 0.05) is 37.1 Å². The molecule has 1 aliphatic heterocycles. The summed E-state index contributed by atoms with van der Waals surface area (Å²) in [4.78, 5) is 28.1. The summed E-state index contributed by atoms with van der Waals surface area (Å²) in [5, 5.41) is 8.56. The van der Waals surface area contributed by atoms with Gasteiger partial charge in [-0.3, -0.25) is 4.79 Å². The molecule has 0 bridgehead atoms. The number of hydrogen-bond donors (Lipinski definition) is 1. The Bertz CT molecular complexity index is 502. The molecule has 0 radical (unpaired) electrons. The van der Waals surface area contributed by atoms with Crippen LogP contribution < -0.4 is 0 Å². The van der Waals surface area contributed by atoms with Crippen molar-refractivity contribution in [3.8, 4) is 0 Å². The zero-order valence-electron chi connectivity index (χ0n) is 10.7. The third-order valence-electron chi connectivity index (χ3n) is 3.02. The van der Waals surface area contributed by atoms with Gasteiger partial charge in [0.2, 0.25) is 0 Å². The molecule has 5 nitrogen and oxygen atoms in total. The molecule has 0 atom stereocenters. The van der Waals surface area contributed by atoms with Crippen LogP contribution in [0.3, 0.4) is 0 Å². The van der Waals surface area contributed by atoms with Gasteiger partial charge in [-0.1, -0.05) is 0 Å². The third kappa shape index (κ3) is 3.65. The highest BCUT2D eigenvalue weighted by Crippen LogP contribution is 2.20. The van der Waals surface area contributed by atoms with E-state index in [-0.39, 0.29) is 5.91 Å². The first-order valence-electron chi connectivity index (χ1n) is 6.05. The lowest BCUT2D eigenvalue weighted by atomic mass is 10.3. The van der Waals surface area contributed by atoms with E-state index in [9.17, 15) is 9.59 Å². The fourth-order valence-electron chi connectivity index (χ4n) is 1.88. The fraction of sp³-hybridized carbons (Fsp3) is 0.385. The first-order valence-corrected chi connectivity index (χ1v) is 6.86. The molecule has 1 aliphatic rings. The van der Waals surface area contributed by atoms with Gasteiger partial charge in [0.1, 0.15) is 0 Å². The van der Waals surface area contributed by atoms with Crippen LogP contribution >= 0.6 is 11.3 Å². The number of rotatable bonds is 3. The van der Waals surface area contributed by atoms with Crippen LogP contribution in [0, 0.1) is 0 Å². The highest BCUT2D eigenvalue weighted by Gasteiger charge is 2.21. The Labute approximate surface area is 115 Å². The number of aliphatic carboxylic acids is 1. The number of hydrogen-bond acceptors (Lipinski definition) is 4. The van der Waals surface area contributed by atoms with E-state index in [4.69, 9.17) is 5.11 Å². The van der Waals surface area contributed by atoms with Crippen molar-refractivity contribution in [1.82, 2.24) is 9.80 Å². The molecule has 1 amide bonds. The molecule has 1 saturated heterocycles. The minimum atomic E-state index is -0.986. The van der Waals surface area contributed by atoms with Crippen LogP contribution in [0.5, 0.6) is 0 Å². The molecule has 102 valence electrons. The van der Waals surface area contributed by atoms with E-state index in [1.54, 1.807) is 12.1 Å². The van der Waals surface area contributed by atoms with E-state index in [1.807, 2.05) is 11.9 Å². The number of carboxylic acid groups (broad SMARTS) is 1. The number of piperazine rings is 1. The second kappa shape index (κ2) is 5.99. The molecule has 0 unspecified atom stereocenters. The van der Waals surface area contributed by atoms with Gasteiger partial charge in [-0.15, -0.1) is 11.3 Å². The van der Waals surface area contributed by atoms with Crippen LogP contribution in [0.2, 0.25) is 0 Å². The van der Waals surface area contributed by atoms with Crippen molar-refractivity contribution in [2.75, 3.05) is 33.2 Å². The number of carbonyl (C=O) groups is 2. The zero-order valence-corrected chi connectivity index (χ0v) is 11.5. The fourth-order valence-corrected chi connectivity index (χ4v) is 2.75. The number of thiophene rings is 1. The Kier molecular flexibility index (Phi) is 4.34. The molecule has 0 aliphatic carbocycles. The summed E-state index contributed by atoms with van der Waals surface area (Å²) in [6.07, 6.45) is 2.59. The maximum atomic E-state index is 12.2. The molecule has 0 aromatic carbocycles.